The maximum absolute atomic E-state index is 12.2. The van der Waals surface area contributed by atoms with Crippen LogP contribution in [0.2, 0.25) is 0 Å². The summed E-state index contributed by atoms with van der Waals surface area (Å²) < 4.78 is 4.97. The van der Waals surface area contributed by atoms with Gasteiger partial charge >= 0.3 is 12.1 Å². The minimum absolute atomic E-state index is 0.00140. The number of ketones is 1. The van der Waals surface area contributed by atoms with Gasteiger partial charge in [0.15, 0.2) is 5.78 Å². The summed E-state index contributed by atoms with van der Waals surface area (Å²) in [5, 5.41) is 11.4. The number of hydrogen-bond donors (Lipinski definition) is 3. The molecule has 0 aliphatic rings. The Kier molecular flexibility index (Phi) is 6.11. The zero-order valence-corrected chi connectivity index (χ0v) is 13.3. The third-order valence-electron chi connectivity index (χ3n) is 3.45. The fourth-order valence-corrected chi connectivity index (χ4v) is 2.15. The Labute approximate surface area is 144 Å². The van der Waals surface area contributed by atoms with Crippen molar-refractivity contribution < 1.29 is 24.2 Å². The third kappa shape index (κ3) is 5.35. The summed E-state index contributed by atoms with van der Waals surface area (Å²) in [6.45, 7) is -0.00140. The van der Waals surface area contributed by atoms with E-state index in [4.69, 9.17) is 10.5 Å². The standard InChI is InChI=1S/C18H18N2O5/c19-14-9-5-4-8-13(14)16(21)10-15(17(22)23)20-18(24)25-11-12-6-2-1-3-7-12/h1-9,15H,10-11,19H2,(H,20,24)(H,22,23)/t15-/m0/s1. The second kappa shape index (κ2) is 8.49. The van der Waals surface area contributed by atoms with Gasteiger partial charge in [-0.25, -0.2) is 9.59 Å². The molecule has 0 fully saturated rings. The number of nitrogens with two attached hydrogens (primary N) is 1. The van der Waals surface area contributed by atoms with Crippen LogP contribution in [0.4, 0.5) is 10.5 Å². The maximum atomic E-state index is 12.2. The summed E-state index contributed by atoms with van der Waals surface area (Å²) >= 11 is 0. The number of carbonyl (C=O) groups is 3. The number of alkyl carbamates (subject to hydrolysis) is 1. The fraction of sp³-hybridized carbons (Fsp3) is 0.167. The summed E-state index contributed by atoms with van der Waals surface area (Å²) in [4.78, 5) is 35.3. The Bertz CT molecular complexity index is 761. The number of benzene rings is 2. The van der Waals surface area contributed by atoms with Crippen LogP contribution in [0, 0.1) is 0 Å². The van der Waals surface area contributed by atoms with E-state index in [1.807, 2.05) is 6.07 Å². The number of rotatable bonds is 7. The molecule has 2 aromatic carbocycles. The van der Waals surface area contributed by atoms with Gasteiger partial charge in [-0.15, -0.1) is 0 Å². The third-order valence-corrected chi connectivity index (χ3v) is 3.45. The molecule has 0 spiro atoms. The van der Waals surface area contributed by atoms with Crippen molar-refractivity contribution in [2.24, 2.45) is 0 Å². The lowest BCUT2D eigenvalue weighted by molar-refractivity contribution is -0.139. The van der Waals surface area contributed by atoms with E-state index in [-0.39, 0.29) is 17.9 Å². The number of amides is 1. The van der Waals surface area contributed by atoms with Crippen molar-refractivity contribution in [3.05, 3.63) is 65.7 Å². The first-order valence-corrected chi connectivity index (χ1v) is 7.55. The molecule has 0 unspecified atom stereocenters. The second-order valence-electron chi connectivity index (χ2n) is 5.31. The fourth-order valence-electron chi connectivity index (χ4n) is 2.15. The first-order chi connectivity index (χ1) is 12.0. The van der Waals surface area contributed by atoms with Crippen LogP contribution in [0.15, 0.2) is 54.6 Å². The van der Waals surface area contributed by atoms with Crippen molar-refractivity contribution in [3.8, 4) is 0 Å². The smallest absolute Gasteiger partial charge is 0.408 e. The molecule has 0 aliphatic heterocycles. The molecular weight excluding hydrogens is 324 g/mol. The molecular formula is C18H18N2O5. The predicted octanol–water partition coefficient (Wildman–Crippen LogP) is 2.22. The Morgan fingerprint density at radius 1 is 1.04 bits per heavy atom. The first-order valence-electron chi connectivity index (χ1n) is 7.55. The van der Waals surface area contributed by atoms with Crippen LogP contribution >= 0.6 is 0 Å². The largest absolute Gasteiger partial charge is 0.480 e. The predicted molar refractivity (Wildman–Crippen MR) is 91.0 cm³/mol. The van der Waals surface area contributed by atoms with Crippen LogP contribution in [-0.2, 0) is 16.1 Å². The Morgan fingerprint density at radius 2 is 1.68 bits per heavy atom. The molecule has 0 bridgehead atoms. The average molecular weight is 342 g/mol. The number of nitrogen functional groups attached to an aromatic ring is 1. The van der Waals surface area contributed by atoms with Gasteiger partial charge < -0.3 is 20.9 Å². The van der Waals surface area contributed by atoms with Crippen molar-refractivity contribution in [2.75, 3.05) is 5.73 Å². The van der Waals surface area contributed by atoms with Gasteiger partial charge in [0.05, 0.1) is 0 Å². The number of hydrogen-bond acceptors (Lipinski definition) is 5. The normalized spacial score (nSPS) is 11.4. The van der Waals surface area contributed by atoms with Gasteiger partial charge in [-0.05, 0) is 17.7 Å². The number of carbonyl (C=O) groups excluding carboxylic acids is 2. The number of carboxylic acids is 1. The monoisotopic (exact) mass is 342 g/mol. The Morgan fingerprint density at radius 3 is 2.32 bits per heavy atom. The van der Waals surface area contributed by atoms with Crippen LogP contribution in [0.1, 0.15) is 22.3 Å². The average Bonchev–Trinajstić information content (AvgIpc) is 2.60. The van der Waals surface area contributed by atoms with E-state index in [2.05, 4.69) is 5.32 Å². The number of para-hydroxylation sites is 1. The van der Waals surface area contributed by atoms with E-state index >= 15 is 0 Å². The highest BCUT2D eigenvalue weighted by molar-refractivity contribution is 6.03. The highest BCUT2D eigenvalue weighted by Crippen LogP contribution is 2.14. The number of Topliss-reactive ketones (excluding diaryl/α,β-unsaturated/α-hetero) is 1. The lowest BCUT2D eigenvalue weighted by atomic mass is 10.0. The van der Waals surface area contributed by atoms with Crippen LogP contribution in [0.3, 0.4) is 0 Å². The highest BCUT2D eigenvalue weighted by atomic mass is 16.5. The molecule has 2 aromatic rings. The number of aliphatic carboxylic acids is 1. The van der Waals surface area contributed by atoms with Gasteiger partial charge in [-0.3, -0.25) is 4.79 Å². The van der Waals surface area contributed by atoms with Crippen molar-refractivity contribution >= 4 is 23.5 Å². The molecule has 0 saturated carbocycles. The van der Waals surface area contributed by atoms with Crippen LogP contribution in [0.25, 0.3) is 0 Å². The van der Waals surface area contributed by atoms with Gasteiger partial charge in [0.25, 0.3) is 0 Å². The number of nitrogens with one attached hydrogen (secondary N) is 1. The van der Waals surface area contributed by atoms with Gasteiger partial charge in [-0.2, -0.15) is 0 Å². The highest BCUT2D eigenvalue weighted by Gasteiger charge is 2.25. The number of anilines is 1. The molecule has 0 radical (unpaired) electrons. The quantitative estimate of drug-likeness (QED) is 0.524. The van der Waals surface area contributed by atoms with E-state index in [1.165, 1.54) is 6.07 Å². The van der Waals surface area contributed by atoms with Crippen molar-refractivity contribution in [1.29, 1.82) is 0 Å². The summed E-state index contributed by atoms with van der Waals surface area (Å²) in [6.07, 6.45) is -1.34. The molecule has 0 aliphatic carbocycles. The number of carboxylic acid groups (broad SMARTS) is 1. The van der Waals surface area contributed by atoms with Crippen LogP contribution in [-0.4, -0.2) is 29.0 Å². The summed E-state index contributed by atoms with van der Waals surface area (Å²) in [7, 11) is 0. The molecule has 0 saturated heterocycles. The van der Waals surface area contributed by atoms with E-state index < -0.39 is 30.3 Å². The Hall–Kier alpha value is -3.35. The van der Waals surface area contributed by atoms with Gasteiger partial charge in [0.2, 0.25) is 0 Å². The van der Waals surface area contributed by atoms with Gasteiger partial charge in [-0.1, -0.05) is 42.5 Å². The van der Waals surface area contributed by atoms with E-state index in [1.54, 1.807) is 42.5 Å². The number of ether oxygens (including phenoxy) is 1. The van der Waals surface area contributed by atoms with Crippen molar-refractivity contribution in [3.63, 3.8) is 0 Å². The van der Waals surface area contributed by atoms with E-state index in [9.17, 15) is 19.5 Å². The molecule has 25 heavy (non-hydrogen) atoms. The maximum Gasteiger partial charge on any atom is 0.408 e. The minimum Gasteiger partial charge on any atom is -0.480 e. The molecule has 0 aromatic heterocycles. The lowest BCUT2D eigenvalue weighted by Gasteiger charge is -2.14. The lowest BCUT2D eigenvalue weighted by Crippen LogP contribution is -2.42. The zero-order chi connectivity index (χ0) is 18.2. The molecule has 130 valence electrons. The topological polar surface area (TPSA) is 119 Å². The molecule has 7 nitrogen and oxygen atoms in total. The van der Waals surface area contributed by atoms with E-state index in [0.717, 1.165) is 5.56 Å². The molecule has 7 heteroatoms. The summed E-state index contributed by atoms with van der Waals surface area (Å²) in [6, 6.07) is 13.9. The molecule has 2 rings (SSSR count). The molecule has 1 amide bonds. The van der Waals surface area contributed by atoms with Gasteiger partial charge in [0, 0.05) is 17.7 Å². The van der Waals surface area contributed by atoms with E-state index in [0.29, 0.717) is 0 Å². The second-order valence-corrected chi connectivity index (χ2v) is 5.31. The van der Waals surface area contributed by atoms with Crippen LogP contribution in [0.5, 0.6) is 0 Å². The summed E-state index contributed by atoms with van der Waals surface area (Å²) in [5.74, 6) is -1.81. The van der Waals surface area contributed by atoms with Crippen molar-refractivity contribution in [1.82, 2.24) is 5.32 Å². The van der Waals surface area contributed by atoms with Crippen LogP contribution < -0.4 is 11.1 Å². The van der Waals surface area contributed by atoms with Crippen molar-refractivity contribution in [2.45, 2.75) is 19.1 Å². The first kappa shape index (κ1) is 18.0. The summed E-state index contributed by atoms with van der Waals surface area (Å²) in [5.41, 5.74) is 6.94. The molecule has 4 N–H and O–H groups in total. The molecule has 1 atom stereocenters. The zero-order valence-electron chi connectivity index (χ0n) is 13.3. The SMILES string of the molecule is Nc1ccccc1C(=O)C[C@H](NC(=O)OCc1ccccc1)C(=O)O. The molecule has 0 heterocycles. The Balaban J connectivity index is 1.94. The minimum atomic E-state index is -1.41. The van der Waals surface area contributed by atoms with Gasteiger partial charge in [0.1, 0.15) is 12.6 Å².